The molecule has 0 aromatic rings. The highest BCUT2D eigenvalue weighted by Gasteiger charge is 2.03. The van der Waals surface area contributed by atoms with E-state index in [9.17, 15) is 0 Å². The predicted molar refractivity (Wildman–Crippen MR) is 38.1 cm³/mol. The first-order valence-electron chi connectivity index (χ1n) is 3.58. The molecule has 0 spiro atoms. The Morgan fingerprint density at radius 3 is 1.50 bits per heavy atom. The lowest BCUT2D eigenvalue weighted by molar-refractivity contribution is 0.418. The van der Waals surface area contributed by atoms with Crippen LogP contribution in [-0.4, -0.2) is 25.0 Å². The SMILES string of the molecule is CC.CN1CCCC1. The maximum atomic E-state index is 2.36. The molecule has 0 bridgehead atoms. The van der Waals surface area contributed by atoms with Crippen molar-refractivity contribution in [2.24, 2.45) is 0 Å². The van der Waals surface area contributed by atoms with E-state index in [4.69, 9.17) is 0 Å². The molecular weight excluding hydrogens is 98.1 g/mol. The van der Waals surface area contributed by atoms with Crippen molar-refractivity contribution in [1.29, 1.82) is 0 Å². The second kappa shape index (κ2) is 5.10. The van der Waals surface area contributed by atoms with Crippen molar-refractivity contribution in [2.75, 3.05) is 20.1 Å². The average molecular weight is 115 g/mol. The Balaban J connectivity index is 0.000000222. The van der Waals surface area contributed by atoms with Crippen molar-refractivity contribution in [3.63, 3.8) is 0 Å². The van der Waals surface area contributed by atoms with Gasteiger partial charge in [-0.15, -0.1) is 0 Å². The van der Waals surface area contributed by atoms with Crippen molar-refractivity contribution < 1.29 is 0 Å². The van der Waals surface area contributed by atoms with Crippen molar-refractivity contribution >= 4 is 0 Å². The first-order chi connectivity index (χ1) is 3.89. The highest BCUT2D eigenvalue weighted by Crippen LogP contribution is 2.01. The van der Waals surface area contributed by atoms with E-state index in [2.05, 4.69) is 11.9 Å². The predicted octanol–water partition coefficient (Wildman–Crippen LogP) is 1.74. The molecule has 0 unspecified atom stereocenters. The quantitative estimate of drug-likeness (QED) is 0.465. The number of hydrogen-bond acceptors (Lipinski definition) is 1. The molecule has 0 atom stereocenters. The van der Waals surface area contributed by atoms with E-state index in [0.717, 1.165) is 0 Å². The fourth-order valence-corrected chi connectivity index (χ4v) is 0.875. The summed E-state index contributed by atoms with van der Waals surface area (Å²) in [6.45, 7) is 6.64. The number of nitrogens with zero attached hydrogens (tertiary/aromatic N) is 1. The van der Waals surface area contributed by atoms with Gasteiger partial charge in [0.1, 0.15) is 0 Å². The molecule has 0 radical (unpaired) electrons. The summed E-state index contributed by atoms with van der Waals surface area (Å²) in [7, 11) is 2.17. The van der Waals surface area contributed by atoms with Crippen LogP contribution in [0.1, 0.15) is 26.7 Å². The molecule has 1 nitrogen and oxygen atoms in total. The molecule has 1 rings (SSSR count). The topological polar surface area (TPSA) is 3.24 Å². The van der Waals surface area contributed by atoms with E-state index < -0.39 is 0 Å². The monoisotopic (exact) mass is 115 g/mol. The number of rotatable bonds is 0. The minimum atomic E-state index is 1.32. The summed E-state index contributed by atoms with van der Waals surface area (Å²) in [5, 5.41) is 0. The zero-order chi connectivity index (χ0) is 6.41. The first kappa shape index (κ1) is 7.96. The first-order valence-corrected chi connectivity index (χ1v) is 3.58. The number of hydrogen-bond donors (Lipinski definition) is 0. The van der Waals surface area contributed by atoms with Gasteiger partial charge in [-0.05, 0) is 33.0 Å². The lowest BCUT2D eigenvalue weighted by Crippen LogP contribution is -2.10. The Bertz CT molecular complexity index is 37.7. The average Bonchev–Trinajstić information content (AvgIpc) is 2.24. The van der Waals surface area contributed by atoms with E-state index in [1.54, 1.807) is 0 Å². The van der Waals surface area contributed by atoms with Gasteiger partial charge in [0, 0.05) is 0 Å². The molecule has 1 fully saturated rings. The highest BCUT2D eigenvalue weighted by molar-refractivity contribution is 4.59. The van der Waals surface area contributed by atoms with Gasteiger partial charge in [0.2, 0.25) is 0 Å². The third kappa shape index (κ3) is 3.03. The molecule has 0 aliphatic carbocycles. The number of likely N-dealkylation sites (tertiary alicyclic amines) is 1. The maximum Gasteiger partial charge on any atom is -0.00213 e. The molecule has 0 aromatic heterocycles. The van der Waals surface area contributed by atoms with E-state index in [0.29, 0.717) is 0 Å². The third-order valence-corrected chi connectivity index (χ3v) is 1.33. The highest BCUT2D eigenvalue weighted by atomic mass is 15.1. The molecule has 1 aliphatic heterocycles. The van der Waals surface area contributed by atoms with Crippen molar-refractivity contribution in [1.82, 2.24) is 4.90 Å². The van der Waals surface area contributed by atoms with Gasteiger partial charge >= 0.3 is 0 Å². The fourth-order valence-electron chi connectivity index (χ4n) is 0.875. The summed E-state index contributed by atoms with van der Waals surface area (Å²) in [6.07, 6.45) is 2.83. The Hall–Kier alpha value is -0.0400. The molecule has 1 saturated heterocycles. The smallest absolute Gasteiger partial charge is 0.00213 e. The van der Waals surface area contributed by atoms with Gasteiger partial charge in [-0.3, -0.25) is 0 Å². The van der Waals surface area contributed by atoms with E-state index >= 15 is 0 Å². The molecule has 0 N–H and O–H groups in total. The van der Waals surface area contributed by atoms with E-state index in [1.807, 2.05) is 13.8 Å². The van der Waals surface area contributed by atoms with Crippen LogP contribution >= 0.6 is 0 Å². The van der Waals surface area contributed by atoms with E-state index in [1.165, 1.54) is 25.9 Å². The largest absolute Gasteiger partial charge is 0.306 e. The molecule has 0 saturated carbocycles. The Morgan fingerprint density at radius 1 is 1.00 bits per heavy atom. The van der Waals surface area contributed by atoms with Crippen LogP contribution in [0.3, 0.4) is 0 Å². The summed E-state index contributed by atoms with van der Waals surface area (Å²) in [5.41, 5.74) is 0. The molecule has 50 valence electrons. The zero-order valence-corrected chi connectivity index (χ0v) is 6.28. The van der Waals surface area contributed by atoms with Gasteiger partial charge in [0.25, 0.3) is 0 Å². The lowest BCUT2D eigenvalue weighted by atomic mass is 10.4. The van der Waals surface area contributed by atoms with Gasteiger partial charge in [0.15, 0.2) is 0 Å². The maximum absolute atomic E-state index is 2.36. The molecular formula is C7H17N. The minimum Gasteiger partial charge on any atom is -0.306 e. The van der Waals surface area contributed by atoms with Crippen LogP contribution in [0.5, 0.6) is 0 Å². The second-order valence-electron chi connectivity index (χ2n) is 2.01. The molecule has 0 aromatic carbocycles. The summed E-state index contributed by atoms with van der Waals surface area (Å²) < 4.78 is 0. The normalized spacial score (nSPS) is 19.9. The standard InChI is InChI=1S/C5H11N.C2H6/c1-6-4-2-3-5-6;1-2/h2-5H2,1H3;1-2H3. The molecule has 1 aliphatic rings. The van der Waals surface area contributed by atoms with Crippen LogP contribution in [0.2, 0.25) is 0 Å². The van der Waals surface area contributed by atoms with E-state index in [-0.39, 0.29) is 0 Å². The van der Waals surface area contributed by atoms with Crippen LogP contribution in [0.4, 0.5) is 0 Å². The van der Waals surface area contributed by atoms with Gasteiger partial charge in [0.05, 0.1) is 0 Å². The van der Waals surface area contributed by atoms with Crippen LogP contribution < -0.4 is 0 Å². The van der Waals surface area contributed by atoms with Crippen LogP contribution in [0, 0.1) is 0 Å². The lowest BCUT2D eigenvalue weighted by Gasteiger charge is -2.01. The van der Waals surface area contributed by atoms with Gasteiger partial charge in [-0.25, -0.2) is 0 Å². The van der Waals surface area contributed by atoms with Crippen LogP contribution in [-0.2, 0) is 0 Å². The molecule has 8 heavy (non-hydrogen) atoms. The molecule has 1 heteroatoms. The van der Waals surface area contributed by atoms with Crippen molar-refractivity contribution in [2.45, 2.75) is 26.7 Å². The second-order valence-corrected chi connectivity index (χ2v) is 2.01. The van der Waals surface area contributed by atoms with Crippen molar-refractivity contribution in [3.05, 3.63) is 0 Å². The van der Waals surface area contributed by atoms with Gasteiger partial charge < -0.3 is 4.90 Å². The molecule has 0 amide bonds. The summed E-state index contributed by atoms with van der Waals surface area (Å²) in [4.78, 5) is 2.36. The Kier molecular flexibility index (Phi) is 5.08. The van der Waals surface area contributed by atoms with Gasteiger partial charge in [-0.1, -0.05) is 13.8 Å². The van der Waals surface area contributed by atoms with Gasteiger partial charge in [-0.2, -0.15) is 0 Å². The van der Waals surface area contributed by atoms with Crippen molar-refractivity contribution in [3.8, 4) is 0 Å². The molecule has 1 heterocycles. The fraction of sp³-hybridized carbons (Fsp3) is 1.00. The summed E-state index contributed by atoms with van der Waals surface area (Å²) in [5.74, 6) is 0. The third-order valence-electron chi connectivity index (χ3n) is 1.33. The van der Waals surface area contributed by atoms with Crippen LogP contribution in [0.15, 0.2) is 0 Å². The zero-order valence-electron chi connectivity index (χ0n) is 6.28. The summed E-state index contributed by atoms with van der Waals surface area (Å²) >= 11 is 0. The Morgan fingerprint density at radius 2 is 1.38 bits per heavy atom. The minimum absolute atomic E-state index is 1.32. The Labute approximate surface area is 52.7 Å². The van der Waals surface area contributed by atoms with Crippen LogP contribution in [0.25, 0.3) is 0 Å². The summed E-state index contributed by atoms with van der Waals surface area (Å²) in [6, 6.07) is 0.